The van der Waals surface area contributed by atoms with Gasteiger partial charge in [-0.1, -0.05) is 6.07 Å². The van der Waals surface area contributed by atoms with E-state index in [-0.39, 0.29) is 18.7 Å². The fraction of sp³-hybridized carbons (Fsp3) is 0.588. The number of hydrogen-bond acceptors (Lipinski definition) is 4. The summed E-state index contributed by atoms with van der Waals surface area (Å²) in [6, 6.07) is 5.66. The molecule has 0 aliphatic carbocycles. The van der Waals surface area contributed by atoms with Crippen molar-refractivity contribution in [2.24, 2.45) is 0 Å². The van der Waals surface area contributed by atoms with E-state index >= 15 is 0 Å². The summed E-state index contributed by atoms with van der Waals surface area (Å²) in [7, 11) is 3.18. The lowest BCUT2D eigenvalue weighted by Crippen LogP contribution is -2.48. The molecule has 0 bridgehead atoms. The highest BCUT2D eigenvalue weighted by molar-refractivity contribution is 5.74. The van der Waals surface area contributed by atoms with Crippen LogP contribution in [0.1, 0.15) is 31.2 Å². The lowest BCUT2D eigenvalue weighted by molar-refractivity contribution is 0.131. The first-order valence-electron chi connectivity index (χ1n) is 8.05. The Kier molecular flexibility index (Phi) is 6.52. The van der Waals surface area contributed by atoms with Crippen LogP contribution in [-0.2, 0) is 6.54 Å². The number of rotatable bonds is 6. The van der Waals surface area contributed by atoms with Crippen LogP contribution in [0.5, 0.6) is 11.5 Å². The third-order valence-corrected chi connectivity index (χ3v) is 4.24. The normalized spacial score (nSPS) is 17.7. The SMILES string of the molecule is COc1ccc(CNC(=O)N2CCCCC2CCO)cc1OC. The van der Waals surface area contributed by atoms with Crippen molar-refractivity contribution in [3.63, 3.8) is 0 Å². The number of nitrogens with one attached hydrogen (secondary N) is 1. The molecule has 6 nitrogen and oxygen atoms in total. The van der Waals surface area contributed by atoms with Gasteiger partial charge < -0.3 is 24.8 Å². The number of nitrogens with zero attached hydrogens (tertiary/aromatic N) is 1. The van der Waals surface area contributed by atoms with Crippen molar-refractivity contribution < 1.29 is 19.4 Å². The van der Waals surface area contributed by atoms with E-state index in [1.807, 2.05) is 23.1 Å². The lowest BCUT2D eigenvalue weighted by atomic mass is 10.0. The minimum atomic E-state index is -0.0714. The highest BCUT2D eigenvalue weighted by atomic mass is 16.5. The molecule has 1 heterocycles. The van der Waals surface area contributed by atoms with Gasteiger partial charge in [0.05, 0.1) is 14.2 Å². The third-order valence-electron chi connectivity index (χ3n) is 4.24. The maximum atomic E-state index is 12.4. The van der Waals surface area contributed by atoms with Gasteiger partial charge in [-0.3, -0.25) is 0 Å². The smallest absolute Gasteiger partial charge is 0.317 e. The molecule has 2 amide bonds. The van der Waals surface area contributed by atoms with Gasteiger partial charge in [-0.15, -0.1) is 0 Å². The van der Waals surface area contributed by atoms with E-state index in [1.165, 1.54) is 0 Å². The fourth-order valence-electron chi connectivity index (χ4n) is 2.99. The van der Waals surface area contributed by atoms with Gasteiger partial charge in [0.1, 0.15) is 0 Å². The molecular weight excluding hydrogens is 296 g/mol. The van der Waals surface area contributed by atoms with Crippen molar-refractivity contribution in [2.75, 3.05) is 27.4 Å². The van der Waals surface area contributed by atoms with Gasteiger partial charge in [0, 0.05) is 25.7 Å². The number of aliphatic hydroxyl groups is 1. The molecule has 1 aromatic carbocycles. The molecule has 2 N–H and O–H groups in total. The molecule has 23 heavy (non-hydrogen) atoms. The summed E-state index contributed by atoms with van der Waals surface area (Å²) in [6.07, 6.45) is 3.74. The van der Waals surface area contributed by atoms with Gasteiger partial charge in [-0.2, -0.15) is 0 Å². The Morgan fingerprint density at radius 1 is 1.30 bits per heavy atom. The highest BCUT2D eigenvalue weighted by Crippen LogP contribution is 2.27. The number of piperidine rings is 1. The molecule has 1 aliphatic rings. The van der Waals surface area contributed by atoms with Gasteiger partial charge >= 0.3 is 6.03 Å². The Labute approximate surface area is 137 Å². The van der Waals surface area contributed by atoms with Crippen LogP contribution >= 0.6 is 0 Å². The second-order valence-corrected chi connectivity index (χ2v) is 5.70. The topological polar surface area (TPSA) is 71.0 Å². The summed E-state index contributed by atoms with van der Waals surface area (Å²) in [6.45, 7) is 1.30. The Hall–Kier alpha value is -1.95. The summed E-state index contributed by atoms with van der Waals surface area (Å²) in [5.74, 6) is 1.32. The molecule has 2 rings (SSSR count). The maximum Gasteiger partial charge on any atom is 0.317 e. The molecule has 1 fully saturated rings. The minimum Gasteiger partial charge on any atom is -0.493 e. The van der Waals surface area contributed by atoms with Crippen molar-refractivity contribution in [3.8, 4) is 11.5 Å². The van der Waals surface area contributed by atoms with E-state index in [1.54, 1.807) is 14.2 Å². The van der Waals surface area contributed by atoms with Crippen LogP contribution in [0.2, 0.25) is 0 Å². The number of amides is 2. The second-order valence-electron chi connectivity index (χ2n) is 5.70. The summed E-state index contributed by atoms with van der Waals surface area (Å²) in [5, 5.41) is 12.1. The number of ether oxygens (including phenoxy) is 2. The molecule has 1 aliphatic heterocycles. The number of urea groups is 1. The van der Waals surface area contributed by atoms with Crippen LogP contribution in [-0.4, -0.2) is 49.5 Å². The quantitative estimate of drug-likeness (QED) is 0.842. The Bertz CT molecular complexity index is 519. The van der Waals surface area contributed by atoms with E-state index in [2.05, 4.69) is 5.32 Å². The maximum absolute atomic E-state index is 12.4. The number of benzene rings is 1. The summed E-state index contributed by atoms with van der Waals surface area (Å²) in [4.78, 5) is 14.3. The zero-order chi connectivity index (χ0) is 16.7. The Morgan fingerprint density at radius 3 is 2.78 bits per heavy atom. The predicted octanol–water partition coefficient (Wildman–Crippen LogP) is 2.15. The molecule has 1 aromatic rings. The standard InChI is InChI=1S/C17H26N2O4/c1-22-15-7-6-13(11-16(15)23-2)12-18-17(21)19-9-4-3-5-14(19)8-10-20/h6-7,11,14,20H,3-5,8-10,12H2,1-2H3,(H,18,21). The summed E-state index contributed by atoms with van der Waals surface area (Å²) >= 11 is 0. The molecule has 1 atom stereocenters. The van der Waals surface area contributed by atoms with E-state index in [0.717, 1.165) is 31.4 Å². The van der Waals surface area contributed by atoms with Gasteiger partial charge in [-0.05, 0) is 43.4 Å². The van der Waals surface area contributed by atoms with E-state index < -0.39 is 0 Å². The molecule has 0 spiro atoms. The molecule has 0 saturated carbocycles. The van der Waals surface area contributed by atoms with Gasteiger partial charge in [0.2, 0.25) is 0 Å². The van der Waals surface area contributed by atoms with E-state index in [9.17, 15) is 4.79 Å². The van der Waals surface area contributed by atoms with Crippen LogP contribution < -0.4 is 14.8 Å². The van der Waals surface area contributed by atoms with Crippen LogP contribution in [0.4, 0.5) is 4.79 Å². The van der Waals surface area contributed by atoms with E-state index in [4.69, 9.17) is 14.6 Å². The Balaban J connectivity index is 1.95. The van der Waals surface area contributed by atoms with Gasteiger partial charge in [0.25, 0.3) is 0 Å². The summed E-state index contributed by atoms with van der Waals surface area (Å²) < 4.78 is 10.5. The lowest BCUT2D eigenvalue weighted by Gasteiger charge is -2.35. The Morgan fingerprint density at radius 2 is 2.09 bits per heavy atom. The van der Waals surface area contributed by atoms with Crippen molar-refractivity contribution in [3.05, 3.63) is 23.8 Å². The summed E-state index contributed by atoms with van der Waals surface area (Å²) in [5.41, 5.74) is 0.951. The number of carbonyl (C=O) groups excluding carboxylic acids is 1. The highest BCUT2D eigenvalue weighted by Gasteiger charge is 2.25. The molecule has 1 saturated heterocycles. The van der Waals surface area contributed by atoms with Crippen molar-refractivity contribution in [1.82, 2.24) is 10.2 Å². The monoisotopic (exact) mass is 322 g/mol. The van der Waals surface area contributed by atoms with Gasteiger partial charge in [0.15, 0.2) is 11.5 Å². The molecular formula is C17H26N2O4. The predicted molar refractivity (Wildman–Crippen MR) is 87.8 cm³/mol. The molecule has 1 unspecified atom stereocenters. The van der Waals surface area contributed by atoms with Crippen LogP contribution in [0.25, 0.3) is 0 Å². The van der Waals surface area contributed by atoms with Crippen LogP contribution in [0.15, 0.2) is 18.2 Å². The first-order chi connectivity index (χ1) is 11.2. The van der Waals surface area contributed by atoms with E-state index in [0.29, 0.717) is 24.5 Å². The number of methoxy groups -OCH3 is 2. The largest absolute Gasteiger partial charge is 0.493 e. The molecule has 6 heteroatoms. The average Bonchev–Trinajstić information content (AvgIpc) is 2.60. The number of hydrogen-bond donors (Lipinski definition) is 2. The third kappa shape index (κ3) is 4.51. The second kappa shape index (κ2) is 8.62. The molecule has 0 aromatic heterocycles. The van der Waals surface area contributed by atoms with Crippen molar-refractivity contribution >= 4 is 6.03 Å². The first kappa shape index (κ1) is 17.4. The minimum absolute atomic E-state index is 0.0714. The number of likely N-dealkylation sites (tertiary alicyclic amines) is 1. The molecule has 128 valence electrons. The van der Waals surface area contributed by atoms with Crippen LogP contribution in [0.3, 0.4) is 0 Å². The molecule has 0 radical (unpaired) electrons. The van der Waals surface area contributed by atoms with Crippen molar-refractivity contribution in [2.45, 2.75) is 38.3 Å². The fourth-order valence-corrected chi connectivity index (χ4v) is 2.99. The van der Waals surface area contributed by atoms with Gasteiger partial charge in [-0.25, -0.2) is 4.79 Å². The zero-order valence-corrected chi connectivity index (χ0v) is 13.9. The number of carbonyl (C=O) groups is 1. The van der Waals surface area contributed by atoms with Crippen molar-refractivity contribution in [1.29, 1.82) is 0 Å². The zero-order valence-electron chi connectivity index (χ0n) is 13.9. The number of aliphatic hydroxyl groups excluding tert-OH is 1. The van der Waals surface area contributed by atoms with Crippen LogP contribution in [0, 0.1) is 0 Å². The first-order valence-corrected chi connectivity index (χ1v) is 8.05. The average molecular weight is 322 g/mol.